The molecule has 0 aliphatic rings. The summed E-state index contributed by atoms with van der Waals surface area (Å²) < 4.78 is 5.48. The Hall–Kier alpha value is -1.16. The van der Waals surface area contributed by atoms with Gasteiger partial charge in [-0.15, -0.1) is 0 Å². The zero-order valence-electron chi connectivity index (χ0n) is 12.9. The number of ether oxygens (including phenoxy) is 1. The topological polar surface area (TPSA) is 47.0 Å². The van der Waals surface area contributed by atoms with E-state index in [0.29, 0.717) is 24.4 Å². The minimum absolute atomic E-state index is 0.466. The lowest BCUT2D eigenvalue weighted by Gasteiger charge is -2.19. The first-order valence-corrected chi connectivity index (χ1v) is 7.25. The van der Waals surface area contributed by atoms with E-state index in [1.54, 1.807) is 0 Å². The smallest absolute Gasteiger partial charge is 0.216 e. The number of hydrogen-bond acceptors (Lipinski definition) is 4. The second-order valence-electron chi connectivity index (χ2n) is 5.27. The maximum Gasteiger partial charge on any atom is 0.216 e. The van der Waals surface area contributed by atoms with Crippen molar-refractivity contribution in [3.05, 3.63) is 17.6 Å². The van der Waals surface area contributed by atoms with Crippen LogP contribution in [0.5, 0.6) is 5.88 Å². The first-order chi connectivity index (χ1) is 9.05. The Kier molecular flexibility index (Phi) is 6.78. The highest BCUT2D eigenvalue weighted by Gasteiger charge is 2.13. The third-order valence-electron chi connectivity index (χ3n) is 2.86. The largest absolute Gasteiger partial charge is 0.478 e. The predicted molar refractivity (Wildman–Crippen MR) is 78.6 cm³/mol. The highest BCUT2D eigenvalue weighted by molar-refractivity contribution is 5.17. The van der Waals surface area contributed by atoms with Crippen molar-refractivity contribution in [2.45, 2.75) is 53.5 Å². The first kappa shape index (κ1) is 15.9. The van der Waals surface area contributed by atoms with E-state index < -0.39 is 0 Å². The molecule has 1 aromatic rings. The van der Waals surface area contributed by atoms with Crippen LogP contribution in [0.1, 0.15) is 45.6 Å². The Morgan fingerprint density at radius 1 is 1.26 bits per heavy atom. The van der Waals surface area contributed by atoms with E-state index in [1.807, 2.05) is 19.9 Å². The van der Waals surface area contributed by atoms with Gasteiger partial charge in [0.2, 0.25) is 5.88 Å². The van der Waals surface area contributed by atoms with E-state index in [0.717, 1.165) is 30.9 Å². The number of hydrogen-bond donors (Lipinski definition) is 1. The lowest BCUT2D eigenvalue weighted by Crippen LogP contribution is -2.32. The van der Waals surface area contributed by atoms with Crippen molar-refractivity contribution in [3.63, 3.8) is 0 Å². The maximum atomic E-state index is 5.48. The van der Waals surface area contributed by atoms with Crippen molar-refractivity contribution in [2.75, 3.05) is 13.2 Å². The maximum absolute atomic E-state index is 5.48. The third kappa shape index (κ3) is 6.01. The molecule has 0 saturated carbocycles. The summed E-state index contributed by atoms with van der Waals surface area (Å²) in [6, 6.07) is 2.43. The van der Waals surface area contributed by atoms with Crippen LogP contribution in [0.3, 0.4) is 0 Å². The zero-order valence-corrected chi connectivity index (χ0v) is 12.9. The van der Waals surface area contributed by atoms with Crippen LogP contribution in [0.4, 0.5) is 0 Å². The molecule has 1 heterocycles. The molecule has 0 saturated heterocycles. The first-order valence-electron chi connectivity index (χ1n) is 7.25. The molecule has 0 aliphatic heterocycles. The molecule has 0 spiro atoms. The Balaban J connectivity index is 2.76. The van der Waals surface area contributed by atoms with Gasteiger partial charge in [0.25, 0.3) is 0 Å². The van der Waals surface area contributed by atoms with E-state index >= 15 is 0 Å². The number of aromatic nitrogens is 2. The summed E-state index contributed by atoms with van der Waals surface area (Å²) in [5.41, 5.74) is 1.06. The lowest BCUT2D eigenvalue weighted by molar-refractivity contribution is 0.324. The van der Waals surface area contributed by atoms with Gasteiger partial charge in [-0.25, -0.2) is 4.98 Å². The zero-order chi connectivity index (χ0) is 14.3. The summed E-state index contributed by atoms with van der Waals surface area (Å²) in [5, 5.41) is 3.53. The second kappa shape index (κ2) is 8.10. The number of nitrogens with one attached hydrogen (secondary N) is 1. The van der Waals surface area contributed by atoms with Gasteiger partial charge < -0.3 is 10.1 Å². The van der Waals surface area contributed by atoms with Crippen molar-refractivity contribution in [3.8, 4) is 5.88 Å². The molecule has 0 bridgehead atoms. The molecule has 0 aliphatic carbocycles. The molecule has 19 heavy (non-hydrogen) atoms. The molecule has 1 aromatic heterocycles. The molecule has 4 nitrogen and oxygen atoms in total. The standard InChI is InChI=1S/C15H27N3O/c1-6-16-13(8-11(3)4)9-14-10-15(19-7-2)18-12(5)17-14/h10-11,13,16H,6-9H2,1-5H3. The molecular weight excluding hydrogens is 238 g/mol. The average molecular weight is 265 g/mol. The van der Waals surface area contributed by atoms with Crippen molar-refractivity contribution >= 4 is 0 Å². The summed E-state index contributed by atoms with van der Waals surface area (Å²) in [6.45, 7) is 12.2. The van der Waals surface area contributed by atoms with Crippen LogP contribution in [0.15, 0.2) is 6.07 Å². The van der Waals surface area contributed by atoms with Crippen LogP contribution in [0.2, 0.25) is 0 Å². The van der Waals surface area contributed by atoms with Gasteiger partial charge >= 0.3 is 0 Å². The van der Waals surface area contributed by atoms with Crippen LogP contribution in [-0.2, 0) is 6.42 Å². The molecule has 1 rings (SSSR count). The van der Waals surface area contributed by atoms with Gasteiger partial charge in [0.05, 0.1) is 6.61 Å². The normalized spacial score (nSPS) is 12.7. The van der Waals surface area contributed by atoms with E-state index in [4.69, 9.17) is 4.74 Å². The van der Waals surface area contributed by atoms with Gasteiger partial charge in [0.15, 0.2) is 0 Å². The highest BCUT2D eigenvalue weighted by Crippen LogP contribution is 2.14. The van der Waals surface area contributed by atoms with E-state index in [-0.39, 0.29) is 0 Å². The number of aryl methyl sites for hydroxylation is 1. The molecule has 108 valence electrons. The van der Waals surface area contributed by atoms with Gasteiger partial charge in [0, 0.05) is 24.2 Å². The molecule has 1 N–H and O–H groups in total. The number of nitrogens with zero attached hydrogens (tertiary/aromatic N) is 2. The van der Waals surface area contributed by atoms with Gasteiger partial charge in [-0.2, -0.15) is 4.98 Å². The predicted octanol–water partition coefficient (Wildman–Crippen LogP) is 2.75. The Bertz CT molecular complexity index is 380. The van der Waals surface area contributed by atoms with Crippen molar-refractivity contribution in [2.24, 2.45) is 5.92 Å². The summed E-state index contributed by atoms with van der Waals surface area (Å²) in [4.78, 5) is 8.80. The van der Waals surface area contributed by atoms with Crippen molar-refractivity contribution in [1.82, 2.24) is 15.3 Å². The number of likely N-dealkylation sites (N-methyl/N-ethyl adjacent to an activating group) is 1. The summed E-state index contributed by atoms with van der Waals surface area (Å²) >= 11 is 0. The van der Waals surface area contributed by atoms with Crippen molar-refractivity contribution < 1.29 is 4.74 Å². The van der Waals surface area contributed by atoms with Crippen LogP contribution >= 0.6 is 0 Å². The van der Waals surface area contributed by atoms with Crippen LogP contribution in [0, 0.1) is 12.8 Å². The molecule has 0 fully saturated rings. The highest BCUT2D eigenvalue weighted by atomic mass is 16.5. The van der Waals surface area contributed by atoms with Crippen molar-refractivity contribution in [1.29, 1.82) is 0 Å². The Morgan fingerprint density at radius 2 is 2.00 bits per heavy atom. The molecule has 0 radical (unpaired) electrons. The summed E-state index contributed by atoms with van der Waals surface area (Å²) in [5.74, 6) is 2.14. The van der Waals surface area contributed by atoms with Crippen LogP contribution in [0.25, 0.3) is 0 Å². The SMILES string of the molecule is CCNC(Cc1cc(OCC)nc(C)n1)CC(C)C. The van der Waals surface area contributed by atoms with Crippen LogP contribution in [-0.4, -0.2) is 29.2 Å². The minimum Gasteiger partial charge on any atom is -0.478 e. The lowest BCUT2D eigenvalue weighted by atomic mass is 9.99. The van der Waals surface area contributed by atoms with E-state index in [1.165, 1.54) is 0 Å². The molecule has 1 atom stereocenters. The molecule has 4 heteroatoms. The fourth-order valence-corrected chi connectivity index (χ4v) is 2.27. The minimum atomic E-state index is 0.466. The van der Waals surface area contributed by atoms with Gasteiger partial charge in [0.1, 0.15) is 5.82 Å². The van der Waals surface area contributed by atoms with Gasteiger partial charge in [-0.05, 0) is 32.7 Å². The van der Waals surface area contributed by atoms with Gasteiger partial charge in [-0.3, -0.25) is 0 Å². The summed E-state index contributed by atoms with van der Waals surface area (Å²) in [7, 11) is 0. The van der Waals surface area contributed by atoms with E-state index in [9.17, 15) is 0 Å². The third-order valence-corrected chi connectivity index (χ3v) is 2.86. The second-order valence-corrected chi connectivity index (χ2v) is 5.27. The molecule has 0 aromatic carbocycles. The fraction of sp³-hybridized carbons (Fsp3) is 0.733. The molecule has 1 unspecified atom stereocenters. The quantitative estimate of drug-likeness (QED) is 0.785. The monoisotopic (exact) mass is 265 g/mol. The van der Waals surface area contributed by atoms with E-state index in [2.05, 4.69) is 36.1 Å². The summed E-state index contributed by atoms with van der Waals surface area (Å²) in [6.07, 6.45) is 2.08. The Morgan fingerprint density at radius 3 is 2.58 bits per heavy atom. The van der Waals surface area contributed by atoms with Crippen LogP contribution < -0.4 is 10.1 Å². The fourth-order valence-electron chi connectivity index (χ4n) is 2.27. The molecule has 0 amide bonds. The number of rotatable bonds is 8. The Labute approximate surface area is 117 Å². The molecular formula is C15H27N3O. The van der Waals surface area contributed by atoms with Gasteiger partial charge in [-0.1, -0.05) is 20.8 Å². The average Bonchev–Trinajstić information content (AvgIpc) is 2.27.